The van der Waals surface area contributed by atoms with Crippen molar-refractivity contribution in [3.8, 4) is 11.4 Å². The number of phenols is 1. The SMILES string of the molecule is CC(C)c1cc(C(C)(C)C)cc(-n2nc3ccccc3n2)c1O. The van der Waals surface area contributed by atoms with E-state index in [0.717, 1.165) is 22.2 Å². The third-order valence-electron chi connectivity index (χ3n) is 4.11. The number of hydrogen-bond donors (Lipinski definition) is 1. The number of hydrogen-bond acceptors (Lipinski definition) is 3. The zero-order valence-electron chi connectivity index (χ0n) is 14.3. The highest BCUT2D eigenvalue weighted by Gasteiger charge is 2.21. The molecule has 1 N–H and O–H groups in total. The van der Waals surface area contributed by atoms with Gasteiger partial charge in [-0.25, -0.2) is 0 Å². The molecule has 4 heteroatoms. The van der Waals surface area contributed by atoms with Gasteiger partial charge in [-0.2, -0.15) is 0 Å². The number of aromatic nitrogens is 3. The van der Waals surface area contributed by atoms with Gasteiger partial charge in [0.05, 0.1) is 0 Å². The summed E-state index contributed by atoms with van der Waals surface area (Å²) < 4.78 is 0. The summed E-state index contributed by atoms with van der Waals surface area (Å²) in [7, 11) is 0. The van der Waals surface area contributed by atoms with E-state index in [1.54, 1.807) is 4.80 Å². The number of nitrogens with zero attached hydrogens (tertiary/aromatic N) is 3. The van der Waals surface area contributed by atoms with Crippen LogP contribution in [-0.4, -0.2) is 20.1 Å². The third kappa shape index (κ3) is 2.81. The monoisotopic (exact) mass is 309 g/mol. The van der Waals surface area contributed by atoms with Gasteiger partial charge in [-0.1, -0.05) is 52.8 Å². The van der Waals surface area contributed by atoms with Crippen LogP contribution in [-0.2, 0) is 5.41 Å². The molecule has 0 amide bonds. The average molecular weight is 309 g/mol. The summed E-state index contributed by atoms with van der Waals surface area (Å²) in [4.78, 5) is 1.54. The normalized spacial score (nSPS) is 12.3. The van der Waals surface area contributed by atoms with Gasteiger partial charge in [0, 0.05) is 0 Å². The highest BCUT2D eigenvalue weighted by Crippen LogP contribution is 2.36. The van der Waals surface area contributed by atoms with Crippen LogP contribution in [0.1, 0.15) is 51.7 Å². The largest absolute Gasteiger partial charge is 0.505 e. The van der Waals surface area contributed by atoms with Crippen LogP contribution < -0.4 is 0 Å². The summed E-state index contributed by atoms with van der Waals surface area (Å²) in [6.07, 6.45) is 0. The second-order valence-corrected chi connectivity index (χ2v) is 7.32. The molecule has 3 rings (SSSR count). The van der Waals surface area contributed by atoms with Crippen LogP contribution in [0.3, 0.4) is 0 Å². The van der Waals surface area contributed by atoms with Gasteiger partial charge in [-0.05, 0) is 40.7 Å². The molecule has 1 heterocycles. The van der Waals surface area contributed by atoms with Crippen molar-refractivity contribution in [2.75, 3.05) is 0 Å². The van der Waals surface area contributed by atoms with Crippen LogP contribution >= 0.6 is 0 Å². The van der Waals surface area contributed by atoms with Gasteiger partial charge < -0.3 is 5.11 Å². The van der Waals surface area contributed by atoms with Gasteiger partial charge in [0.25, 0.3) is 0 Å². The molecule has 120 valence electrons. The molecule has 0 bridgehead atoms. The molecule has 2 aromatic carbocycles. The molecular weight excluding hydrogens is 286 g/mol. The Morgan fingerprint density at radius 1 is 1.00 bits per heavy atom. The number of rotatable bonds is 2. The Morgan fingerprint density at radius 2 is 1.57 bits per heavy atom. The maximum absolute atomic E-state index is 10.7. The van der Waals surface area contributed by atoms with Crippen molar-refractivity contribution in [2.24, 2.45) is 0 Å². The highest BCUT2D eigenvalue weighted by atomic mass is 16.3. The quantitative estimate of drug-likeness (QED) is 0.755. The van der Waals surface area contributed by atoms with E-state index in [0.29, 0.717) is 5.69 Å². The highest BCUT2D eigenvalue weighted by molar-refractivity contribution is 5.73. The molecule has 0 aliphatic carbocycles. The van der Waals surface area contributed by atoms with Crippen molar-refractivity contribution in [2.45, 2.75) is 46.0 Å². The van der Waals surface area contributed by atoms with E-state index in [4.69, 9.17) is 0 Å². The minimum atomic E-state index is -0.0152. The summed E-state index contributed by atoms with van der Waals surface area (Å²) in [5.74, 6) is 0.481. The van der Waals surface area contributed by atoms with E-state index in [1.165, 1.54) is 0 Å². The molecule has 0 aliphatic rings. The molecule has 0 fully saturated rings. The van der Waals surface area contributed by atoms with Gasteiger partial charge >= 0.3 is 0 Å². The summed E-state index contributed by atoms with van der Waals surface area (Å²) in [6.45, 7) is 10.7. The molecule has 1 aromatic heterocycles. The van der Waals surface area contributed by atoms with Crippen molar-refractivity contribution in [1.29, 1.82) is 0 Å². The molecule has 23 heavy (non-hydrogen) atoms. The second-order valence-electron chi connectivity index (χ2n) is 7.32. The van der Waals surface area contributed by atoms with Crippen LogP contribution in [0.15, 0.2) is 36.4 Å². The lowest BCUT2D eigenvalue weighted by molar-refractivity contribution is 0.455. The molecule has 0 aliphatic heterocycles. The van der Waals surface area contributed by atoms with Crippen molar-refractivity contribution in [1.82, 2.24) is 15.0 Å². The third-order valence-corrected chi connectivity index (χ3v) is 4.11. The predicted octanol–water partition coefficient (Wildman–Crippen LogP) is 4.55. The Morgan fingerprint density at radius 3 is 2.04 bits per heavy atom. The topological polar surface area (TPSA) is 50.9 Å². The number of benzene rings is 2. The minimum Gasteiger partial charge on any atom is -0.505 e. The van der Waals surface area contributed by atoms with Crippen molar-refractivity contribution in [3.05, 3.63) is 47.5 Å². The summed E-state index contributed by atoms with van der Waals surface area (Å²) >= 11 is 0. The van der Waals surface area contributed by atoms with Crippen LogP contribution in [0.2, 0.25) is 0 Å². The lowest BCUT2D eigenvalue weighted by atomic mass is 9.84. The summed E-state index contributed by atoms with van der Waals surface area (Å²) in [5.41, 5.74) is 4.35. The first-order chi connectivity index (χ1) is 10.8. The second kappa shape index (κ2) is 5.37. The van der Waals surface area contributed by atoms with Crippen molar-refractivity contribution in [3.63, 3.8) is 0 Å². The molecule has 0 saturated heterocycles. The van der Waals surface area contributed by atoms with E-state index in [1.807, 2.05) is 30.3 Å². The molecular formula is C19H23N3O. The van der Waals surface area contributed by atoms with Crippen LogP contribution in [0.5, 0.6) is 5.75 Å². The first kappa shape index (κ1) is 15.5. The number of phenolic OH excluding ortho intramolecular Hbond substituents is 1. The first-order valence-electron chi connectivity index (χ1n) is 7.97. The molecule has 0 saturated carbocycles. The van der Waals surface area contributed by atoms with Crippen molar-refractivity contribution < 1.29 is 5.11 Å². The fraction of sp³-hybridized carbons (Fsp3) is 0.368. The van der Waals surface area contributed by atoms with E-state index in [-0.39, 0.29) is 17.1 Å². The zero-order valence-corrected chi connectivity index (χ0v) is 14.3. The standard InChI is InChI=1S/C19H23N3O/c1-12(2)14-10-13(19(3,4)5)11-17(18(14)23)22-20-15-8-6-7-9-16(15)21-22/h6-12,23H,1-5H3. The number of aromatic hydroxyl groups is 1. The zero-order chi connectivity index (χ0) is 16.8. The molecule has 0 radical (unpaired) electrons. The Balaban J connectivity index is 2.26. The molecule has 0 atom stereocenters. The van der Waals surface area contributed by atoms with Gasteiger partial charge in [0.1, 0.15) is 22.5 Å². The first-order valence-corrected chi connectivity index (χ1v) is 7.97. The van der Waals surface area contributed by atoms with Crippen molar-refractivity contribution >= 4 is 11.0 Å². The van der Waals surface area contributed by atoms with Gasteiger partial charge in [0.2, 0.25) is 0 Å². The van der Waals surface area contributed by atoms with Crippen LogP contribution in [0.25, 0.3) is 16.7 Å². The lowest BCUT2D eigenvalue weighted by Gasteiger charge is -2.23. The Bertz CT molecular complexity index is 824. The van der Waals surface area contributed by atoms with Crippen LogP contribution in [0.4, 0.5) is 0 Å². The van der Waals surface area contributed by atoms with Gasteiger partial charge in [0.15, 0.2) is 0 Å². The minimum absolute atomic E-state index is 0.0152. The smallest absolute Gasteiger partial charge is 0.146 e. The Hall–Kier alpha value is -2.36. The maximum atomic E-state index is 10.7. The average Bonchev–Trinajstić information content (AvgIpc) is 2.89. The van der Waals surface area contributed by atoms with Crippen LogP contribution in [0, 0.1) is 0 Å². The van der Waals surface area contributed by atoms with E-state index in [9.17, 15) is 5.11 Å². The molecule has 0 unspecified atom stereocenters. The fourth-order valence-corrected chi connectivity index (χ4v) is 2.63. The lowest BCUT2D eigenvalue weighted by Crippen LogP contribution is -2.14. The van der Waals surface area contributed by atoms with Gasteiger partial charge in [-0.15, -0.1) is 15.0 Å². The van der Waals surface area contributed by atoms with Gasteiger partial charge in [-0.3, -0.25) is 0 Å². The number of fused-ring (bicyclic) bond motifs is 1. The predicted molar refractivity (Wildman–Crippen MR) is 93.3 cm³/mol. The maximum Gasteiger partial charge on any atom is 0.146 e. The van der Waals surface area contributed by atoms with E-state index in [2.05, 4.69) is 50.9 Å². The summed E-state index contributed by atoms with van der Waals surface area (Å²) in [5, 5.41) is 19.8. The molecule has 4 nitrogen and oxygen atoms in total. The Kier molecular flexibility index (Phi) is 3.63. The molecule has 0 spiro atoms. The molecule has 3 aromatic rings. The van der Waals surface area contributed by atoms with E-state index < -0.39 is 0 Å². The van der Waals surface area contributed by atoms with E-state index >= 15 is 0 Å². The summed E-state index contributed by atoms with van der Waals surface area (Å²) in [6, 6.07) is 11.8. The fourth-order valence-electron chi connectivity index (χ4n) is 2.63. The Labute approximate surface area is 136 Å².